The van der Waals surface area contributed by atoms with E-state index in [1.807, 2.05) is 35.2 Å². The van der Waals surface area contributed by atoms with E-state index < -0.39 is 0 Å². The Kier molecular flexibility index (Phi) is 6.03. The van der Waals surface area contributed by atoms with Crippen LogP contribution in [-0.2, 0) is 0 Å². The number of carbonyl (C=O) groups is 1. The van der Waals surface area contributed by atoms with Gasteiger partial charge in [0.1, 0.15) is 5.75 Å². The lowest BCUT2D eigenvalue weighted by atomic mass is 9.98. The summed E-state index contributed by atoms with van der Waals surface area (Å²) in [6.07, 6.45) is 2.10. The monoisotopic (exact) mass is 445 g/mol. The second-order valence-corrected chi connectivity index (χ2v) is 9.07. The Bertz CT molecular complexity index is 1130. The average molecular weight is 446 g/mol. The maximum Gasteiger partial charge on any atom is 0.275 e. The molecule has 1 amide bonds. The number of aromatic nitrogens is 2. The van der Waals surface area contributed by atoms with Crippen LogP contribution in [0.5, 0.6) is 5.75 Å². The molecule has 2 aliphatic rings. The van der Waals surface area contributed by atoms with Crippen molar-refractivity contribution in [3.05, 3.63) is 54.2 Å². The molecular weight excluding hydrogens is 414 g/mol. The molecule has 0 spiro atoms. The molecule has 33 heavy (non-hydrogen) atoms. The highest BCUT2D eigenvalue weighted by molar-refractivity contribution is 6.07. The number of methoxy groups -OCH3 is 1. The largest absolute Gasteiger partial charge is 0.497 e. The van der Waals surface area contributed by atoms with Gasteiger partial charge in [0.25, 0.3) is 5.91 Å². The normalized spacial score (nSPS) is 17.5. The third-order valence-electron chi connectivity index (χ3n) is 6.94. The number of hydrogen-bond donors (Lipinski definition) is 0. The van der Waals surface area contributed by atoms with Gasteiger partial charge in [0.15, 0.2) is 11.5 Å². The molecule has 0 aliphatic carbocycles. The lowest BCUT2D eigenvalue weighted by Gasteiger charge is -2.37. The Labute approximate surface area is 195 Å². The minimum atomic E-state index is -0.00000538. The zero-order valence-electron chi connectivity index (χ0n) is 19.4. The van der Waals surface area contributed by atoms with Gasteiger partial charge in [0.2, 0.25) is 0 Å². The van der Waals surface area contributed by atoms with Crippen LogP contribution >= 0.6 is 0 Å². The molecule has 2 saturated heterocycles. The van der Waals surface area contributed by atoms with Gasteiger partial charge >= 0.3 is 0 Å². The van der Waals surface area contributed by atoms with Crippen molar-refractivity contribution in [2.75, 3.05) is 56.2 Å². The van der Waals surface area contributed by atoms with E-state index in [1.54, 1.807) is 7.11 Å². The number of nitrogens with zero attached hydrogens (tertiary/aromatic N) is 5. The zero-order chi connectivity index (χ0) is 22.8. The van der Waals surface area contributed by atoms with E-state index >= 15 is 0 Å². The number of rotatable bonds is 4. The first kappa shape index (κ1) is 21.5. The summed E-state index contributed by atoms with van der Waals surface area (Å²) in [5.74, 6) is 2.41. The van der Waals surface area contributed by atoms with E-state index in [9.17, 15) is 4.79 Å². The van der Waals surface area contributed by atoms with Crippen LogP contribution in [0.4, 0.5) is 11.5 Å². The molecule has 1 aromatic heterocycles. The van der Waals surface area contributed by atoms with Gasteiger partial charge in [-0.05, 0) is 30.9 Å². The highest BCUT2D eigenvalue weighted by Gasteiger charge is 2.27. The first-order valence-electron chi connectivity index (χ1n) is 11.8. The molecular formula is C26H31N5O2. The number of benzene rings is 2. The maximum atomic E-state index is 13.3. The number of piperazine rings is 1. The molecule has 3 heterocycles. The molecule has 0 saturated carbocycles. The van der Waals surface area contributed by atoms with Crippen molar-refractivity contribution in [3.8, 4) is 5.75 Å². The van der Waals surface area contributed by atoms with Crippen molar-refractivity contribution in [2.24, 2.45) is 5.92 Å². The number of anilines is 2. The minimum absolute atomic E-state index is 0.00000538. The third-order valence-corrected chi connectivity index (χ3v) is 6.94. The van der Waals surface area contributed by atoms with Gasteiger partial charge in [0, 0.05) is 61.8 Å². The fraction of sp³-hybridized carbons (Fsp3) is 0.423. The molecule has 172 valence electrons. The number of amides is 1. The Hall–Kier alpha value is -3.35. The van der Waals surface area contributed by atoms with Crippen LogP contribution in [0.3, 0.4) is 0 Å². The zero-order valence-corrected chi connectivity index (χ0v) is 19.4. The molecule has 7 nitrogen and oxygen atoms in total. The Balaban J connectivity index is 1.36. The fourth-order valence-corrected chi connectivity index (χ4v) is 4.83. The predicted molar refractivity (Wildman–Crippen MR) is 131 cm³/mol. The fourth-order valence-electron chi connectivity index (χ4n) is 4.83. The van der Waals surface area contributed by atoms with E-state index in [0.717, 1.165) is 74.5 Å². The van der Waals surface area contributed by atoms with Crippen LogP contribution < -0.4 is 14.5 Å². The molecule has 0 N–H and O–H groups in total. The maximum absolute atomic E-state index is 13.3. The smallest absolute Gasteiger partial charge is 0.275 e. The number of ether oxygens (including phenoxy) is 1. The summed E-state index contributed by atoms with van der Waals surface area (Å²) in [6.45, 7) is 7.29. The second-order valence-electron chi connectivity index (χ2n) is 9.07. The summed E-state index contributed by atoms with van der Waals surface area (Å²) in [7, 11) is 1.70. The number of fused-ring (bicyclic) bond motifs is 1. The number of carbonyl (C=O) groups excluding carboxylic acids is 1. The van der Waals surface area contributed by atoms with E-state index in [-0.39, 0.29) is 5.91 Å². The highest BCUT2D eigenvalue weighted by atomic mass is 16.5. The van der Waals surface area contributed by atoms with Crippen molar-refractivity contribution >= 4 is 28.2 Å². The lowest BCUT2D eigenvalue weighted by molar-refractivity contribution is 0.0692. The highest BCUT2D eigenvalue weighted by Crippen LogP contribution is 2.29. The van der Waals surface area contributed by atoms with Gasteiger partial charge in [-0.15, -0.1) is 10.2 Å². The van der Waals surface area contributed by atoms with Gasteiger partial charge in [-0.1, -0.05) is 37.3 Å². The van der Waals surface area contributed by atoms with E-state index in [4.69, 9.17) is 4.74 Å². The van der Waals surface area contributed by atoms with Gasteiger partial charge in [-0.2, -0.15) is 0 Å². The molecule has 0 unspecified atom stereocenters. The molecule has 7 heteroatoms. The van der Waals surface area contributed by atoms with Crippen LogP contribution in [0.25, 0.3) is 10.8 Å². The quantitative estimate of drug-likeness (QED) is 0.608. The van der Waals surface area contributed by atoms with Crippen LogP contribution in [0.1, 0.15) is 30.3 Å². The summed E-state index contributed by atoms with van der Waals surface area (Å²) in [6, 6.07) is 16.2. The Morgan fingerprint density at radius 1 is 0.879 bits per heavy atom. The molecule has 3 aromatic rings. The van der Waals surface area contributed by atoms with Gasteiger partial charge < -0.3 is 19.4 Å². The molecule has 0 atom stereocenters. The topological polar surface area (TPSA) is 61.8 Å². The first-order valence-corrected chi connectivity index (χ1v) is 11.8. The predicted octanol–water partition coefficient (Wildman–Crippen LogP) is 3.84. The van der Waals surface area contributed by atoms with Crippen molar-refractivity contribution in [1.82, 2.24) is 15.1 Å². The van der Waals surface area contributed by atoms with Crippen LogP contribution in [0, 0.1) is 5.92 Å². The molecule has 2 fully saturated rings. The summed E-state index contributed by atoms with van der Waals surface area (Å²) >= 11 is 0. The van der Waals surface area contributed by atoms with Crippen LogP contribution in [0.15, 0.2) is 48.5 Å². The van der Waals surface area contributed by atoms with Gasteiger partial charge in [0.05, 0.1) is 7.11 Å². The van der Waals surface area contributed by atoms with Crippen molar-refractivity contribution in [3.63, 3.8) is 0 Å². The molecule has 0 bridgehead atoms. The average Bonchev–Trinajstić information content (AvgIpc) is 2.88. The number of likely N-dealkylation sites (tertiary alicyclic amines) is 1. The minimum Gasteiger partial charge on any atom is -0.497 e. The number of piperidine rings is 1. The van der Waals surface area contributed by atoms with Gasteiger partial charge in [-0.25, -0.2) is 0 Å². The second kappa shape index (κ2) is 9.25. The number of hydrogen-bond acceptors (Lipinski definition) is 6. The Morgan fingerprint density at radius 2 is 1.58 bits per heavy atom. The lowest BCUT2D eigenvalue weighted by Crippen LogP contribution is -2.47. The summed E-state index contributed by atoms with van der Waals surface area (Å²) < 4.78 is 5.38. The molecule has 5 rings (SSSR count). The Morgan fingerprint density at radius 3 is 2.30 bits per heavy atom. The van der Waals surface area contributed by atoms with Crippen molar-refractivity contribution in [2.45, 2.75) is 19.8 Å². The van der Waals surface area contributed by atoms with Crippen LogP contribution in [0.2, 0.25) is 0 Å². The molecule has 0 radical (unpaired) electrons. The summed E-state index contributed by atoms with van der Waals surface area (Å²) in [5, 5.41) is 10.9. The van der Waals surface area contributed by atoms with E-state index in [2.05, 4.69) is 45.1 Å². The summed E-state index contributed by atoms with van der Waals surface area (Å²) in [4.78, 5) is 19.8. The third kappa shape index (κ3) is 4.32. The first-order chi connectivity index (χ1) is 16.1. The summed E-state index contributed by atoms with van der Waals surface area (Å²) in [5.41, 5.74) is 1.64. The van der Waals surface area contributed by atoms with Crippen molar-refractivity contribution in [1.29, 1.82) is 0 Å². The van der Waals surface area contributed by atoms with Crippen LogP contribution in [-0.4, -0.2) is 67.4 Å². The van der Waals surface area contributed by atoms with Crippen molar-refractivity contribution < 1.29 is 9.53 Å². The van der Waals surface area contributed by atoms with E-state index in [0.29, 0.717) is 11.6 Å². The standard InChI is InChI=1S/C26H31N5O2/c1-19-10-12-31(13-11-19)26(32)24-22-8-3-4-9-23(22)25(28-27-24)30-16-14-29(15-17-30)20-6-5-7-21(18-20)33-2/h3-9,18-19H,10-17H2,1-2H3. The molecule has 2 aliphatic heterocycles. The van der Waals surface area contributed by atoms with E-state index in [1.165, 1.54) is 5.69 Å². The molecule has 2 aromatic carbocycles. The SMILES string of the molecule is COc1cccc(N2CCN(c3nnc(C(=O)N4CCC(C)CC4)c4ccccc34)CC2)c1. The van der Waals surface area contributed by atoms with Gasteiger partial charge in [-0.3, -0.25) is 4.79 Å².